The van der Waals surface area contributed by atoms with Gasteiger partial charge in [0.1, 0.15) is 30.0 Å². The number of H-pyrrole nitrogens is 1. The third-order valence-corrected chi connectivity index (χ3v) is 5.24. The number of rotatable bonds is 5. The van der Waals surface area contributed by atoms with Gasteiger partial charge in [-0.2, -0.15) is 0 Å². The van der Waals surface area contributed by atoms with E-state index in [2.05, 4.69) is 5.32 Å². The molecule has 0 aliphatic carbocycles. The number of aromatic amines is 1. The molecular formula is C20H30FN3O8. The van der Waals surface area contributed by atoms with Crippen LogP contribution in [0.1, 0.15) is 53.3 Å². The molecule has 11 nitrogen and oxygen atoms in total. The van der Waals surface area contributed by atoms with Crippen molar-refractivity contribution in [3.05, 3.63) is 32.6 Å². The standard InChI is InChI=1S/C20H30FN3O8/c1-10-8-24(16(27)23-13(10)25)15-19(6,21)20(7,29)12(31-15)9-30-14(26)11(2)22-17(28)32-18(3,4)5/h8,11-12,15,29H,9H2,1-7H3,(H,22,28)(H,23,25,27)/t11?,12-,15-,19-,20+/m0/s1. The van der Waals surface area contributed by atoms with Gasteiger partial charge < -0.3 is 24.6 Å². The number of amides is 1. The van der Waals surface area contributed by atoms with Crippen molar-refractivity contribution in [3.63, 3.8) is 0 Å². The third kappa shape index (κ3) is 5.18. The van der Waals surface area contributed by atoms with Gasteiger partial charge in [-0.1, -0.05) is 0 Å². The molecule has 1 amide bonds. The minimum Gasteiger partial charge on any atom is -0.461 e. The SMILES string of the molecule is Cc1cn([C@H]2O[C@@H](COC(=O)C(C)NC(=O)OC(C)(C)C)[C@@](C)(O)[C@@]2(C)F)c(=O)[nH]c1=O. The summed E-state index contributed by atoms with van der Waals surface area (Å²) < 4.78 is 32.1. The molecule has 3 N–H and O–H groups in total. The number of esters is 1. The highest BCUT2D eigenvalue weighted by Gasteiger charge is 2.63. The molecule has 1 aromatic heterocycles. The molecule has 1 aliphatic rings. The molecule has 1 fully saturated rings. The summed E-state index contributed by atoms with van der Waals surface area (Å²) in [5, 5.41) is 13.1. The molecule has 32 heavy (non-hydrogen) atoms. The third-order valence-electron chi connectivity index (χ3n) is 5.24. The number of hydrogen-bond donors (Lipinski definition) is 3. The topological polar surface area (TPSA) is 149 Å². The van der Waals surface area contributed by atoms with Gasteiger partial charge in [0.2, 0.25) is 0 Å². The Balaban J connectivity index is 2.12. The van der Waals surface area contributed by atoms with Crippen molar-refractivity contribution >= 4 is 12.1 Å². The van der Waals surface area contributed by atoms with Crippen LogP contribution in [0.5, 0.6) is 0 Å². The van der Waals surface area contributed by atoms with Crippen LogP contribution in [0.4, 0.5) is 9.18 Å². The van der Waals surface area contributed by atoms with Crippen molar-refractivity contribution in [2.75, 3.05) is 6.61 Å². The van der Waals surface area contributed by atoms with Gasteiger partial charge in [-0.3, -0.25) is 14.3 Å². The van der Waals surface area contributed by atoms with E-state index in [1.165, 1.54) is 13.8 Å². The number of aromatic nitrogens is 2. The number of nitrogens with one attached hydrogen (secondary N) is 2. The molecule has 180 valence electrons. The average Bonchev–Trinajstić information content (AvgIpc) is 2.79. The maximum absolute atomic E-state index is 15.6. The molecule has 0 spiro atoms. The Hall–Kier alpha value is -2.73. The van der Waals surface area contributed by atoms with Crippen molar-refractivity contribution in [2.24, 2.45) is 0 Å². The minimum atomic E-state index is -2.49. The maximum atomic E-state index is 15.6. The summed E-state index contributed by atoms with van der Waals surface area (Å²) in [5.41, 5.74) is -6.82. The molecule has 2 rings (SSSR count). The summed E-state index contributed by atoms with van der Waals surface area (Å²) in [6.45, 7) is 9.41. The molecule has 2 heterocycles. The Labute approximate surface area is 183 Å². The van der Waals surface area contributed by atoms with Crippen molar-refractivity contribution in [3.8, 4) is 0 Å². The van der Waals surface area contributed by atoms with Gasteiger partial charge in [0.15, 0.2) is 11.9 Å². The normalized spacial score (nSPS) is 28.8. The van der Waals surface area contributed by atoms with Crippen LogP contribution in [0.2, 0.25) is 0 Å². The summed E-state index contributed by atoms with van der Waals surface area (Å²) in [5.74, 6) is -0.865. The van der Waals surface area contributed by atoms with Crippen LogP contribution >= 0.6 is 0 Å². The molecule has 0 aromatic carbocycles. The van der Waals surface area contributed by atoms with Crippen LogP contribution < -0.4 is 16.6 Å². The number of ether oxygens (including phenoxy) is 3. The number of hydrogen-bond acceptors (Lipinski definition) is 8. The van der Waals surface area contributed by atoms with E-state index in [0.717, 1.165) is 24.6 Å². The highest BCUT2D eigenvalue weighted by atomic mass is 19.1. The van der Waals surface area contributed by atoms with E-state index in [4.69, 9.17) is 14.2 Å². The van der Waals surface area contributed by atoms with Gasteiger partial charge >= 0.3 is 17.8 Å². The van der Waals surface area contributed by atoms with Crippen LogP contribution in [0.15, 0.2) is 15.8 Å². The quantitative estimate of drug-likeness (QED) is 0.544. The largest absolute Gasteiger partial charge is 0.461 e. The molecule has 0 radical (unpaired) electrons. The molecule has 5 atom stereocenters. The summed E-state index contributed by atoms with van der Waals surface area (Å²) in [4.78, 5) is 49.9. The average molecular weight is 459 g/mol. The molecule has 0 bridgehead atoms. The summed E-state index contributed by atoms with van der Waals surface area (Å²) >= 11 is 0. The first-order chi connectivity index (χ1) is 14.5. The predicted octanol–water partition coefficient (Wildman–Crippen LogP) is 0.678. The first-order valence-electron chi connectivity index (χ1n) is 10.0. The van der Waals surface area contributed by atoms with Gasteiger partial charge in [-0.25, -0.2) is 18.8 Å². The molecule has 12 heteroatoms. The van der Waals surface area contributed by atoms with Gasteiger partial charge in [-0.15, -0.1) is 0 Å². The van der Waals surface area contributed by atoms with Crippen LogP contribution in [-0.2, 0) is 19.0 Å². The molecule has 1 aromatic rings. The number of carbonyl (C=O) groups is 2. The number of halogens is 1. The first-order valence-corrected chi connectivity index (χ1v) is 10.0. The van der Waals surface area contributed by atoms with Gasteiger partial charge in [0.05, 0.1) is 0 Å². The molecule has 1 unspecified atom stereocenters. The second-order valence-electron chi connectivity index (χ2n) is 9.18. The number of aliphatic hydroxyl groups is 1. The summed E-state index contributed by atoms with van der Waals surface area (Å²) in [6, 6.07) is -1.09. The zero-order valence-electron chi connectivity index (χ0n) is 19.1. The zero-order chi connectivity index (χ0) is 24.6. The van der Waals surface area contributed by atoms with E-state index in [-0.39, 0.29) is 5.56 Å². The first kappa shape index (κ1) is 25.5. The molecule has 1 saturated heterocycles. The Morgan fingerprint density at radius 3 is 2.53 bits per heavy atom. The highest BCUT2D eigenvalue weighted by Crippen LogP contribution is 2.47. The second kappa shape index (κ2) is 8.66. The van der Waals surface area contributed by atoms with Gasteiger partial charge in [0.25, 0.3) is 5.56 Å². The molecule has 0 saturated carbocycles. The lowest BCUT2D eigenvalue weighted by molar-refractivity contribution is -0.155. The zero-order valence-corrected chi connectivity index (χ0v) is 19.1. The molecule has 1 aliphatic heterocycles. The second-order valence-corrected chi connectivity index (χ2v) is 9.18. The Morgan fingerprint density at radius 2 is 1.97 bits per heavy atom. The molecular weight excluding hydrogens is 429 g/mol. The van der Waals surface area contributed by atoms with E-state index in [1.54, 1.807) is 20.8 Å². The van der Waals surface area contributed by atoms with Crippen LogP contribution in [-0.4, -0.2) is 62.3 Å². The number of nitrogens with zero attached hydrogens (tertiary/aromatic N) is 1. The lowest BCUT2D eigenvalue weighted by atomic mass is 9.84. The summed E-state index contributed by atoms with van der Waals surface area (Å²) in [6.07, 6.45) is -2.64. The lowest BCUT2D eigenvalue weighted by Gasteiger charge is -2.33. The fraction of sp³-hybridized carbons (Fsp3) is 0.700. The van der Waals surface area contributed by atoms with E-state index < -0.39 is 65.2 Å². The lowest BCUT2D eigenvalue weighted by Crippen LogP contribution is -2.53. The maximum Gasteiger partial charge on any atom is 0.408 e. The van der Waals surface area contributed by atoms with Gasteiger partial charge in [0, 0.05) is 11.8 Å². The number of alkyl carbamates (subject to hydrolysis) is 1. The van der Waals surface area contributed by atoms with Crippen molar-refractivity contribution in [1.82, 2.24) is 14.9 Å². The fourth-order valence-electron chi connectivity index (χ4n) is 3.10. The Morgan fingerprint density at radius 1 is 1.38 bits per heavy atom. The van der Waals surface area contributed by atoms with E-state index in [1.807, 2.05) is 4.98 Å². The number of alkyl halides is 1. The van der Waals surface area contributed by atoms with Crippen LogP contribution in [0, 0.1) is 6.92 Å². The van der Waals surface area contributed by atoms with Crippen LogP contribution in [0.25, 0.3) is 0 Å². The smallest absolute Gasteiger partial charge is 0.408 e. The predicted molar refractivity (Wildman–Crippen MR) is 110 cm³/mol. The Bertz CT molecular complexity index is 992. The number of carbonyl (C=O) groups excluding carboxylic acids is 2. The van der Waals surface area contributed by atoms with Crippen LogP contribution in [0.3, 0.4) is 0 Å². The van der Waals surface area contributed by atoms with Crippen molar-refractivity contribution < 1.29 is 33.3 Å². The highest BCUT2D eigenvalue weighted by molar-refractivity contribution is 5.81. The number of aryl methyl sites for hydroxylation is 1. The minimum absolute atomic E-state index is 0.139. The monoisotopic (exact) mass is 459 g/mol. The van der Waals surface area contributed by atoms with Gasteiger partial charge in [-0.05, 0) is 48.5 Å². The fourth-order valence-corrected chi connectivity index (χ4v) is 3.10. The Kier molecular flexibility index (Phi) is 6.91. The van der Waals surface area contributed by atoms with Crippen molar-refractivity contribution in [2.45, 2.75) is 83.7 Å². The van der Waals surface area contributed by atoms with Crippen molar-refractivity contribution in [1.29, 1.82) is 0 Å². The van der Waals surface area contributed by atoms with E-state index in [0.29, 0.717) is 0 Å². The summed E-state index contributed by atoms with van der Waals surface area (Å²) in [7, 11) is 0. The van der Waals surface area contributed by atoms with E-state index in [9.17, 15) is 24.3 Å². The van der Waals surface area contributed by atoms with E-state index >= 15 is 4.39 Å².